The Morgan fingerprint density at radius 1 is 1.50 bits per heavy atom. The van der Waals surface area contributed by atoms with Crippen LogP contribution < -0.4 is 0 Å². The molecule has 0 fully saturated rings. The van der Waals surface area contributed by atoms with E-state index in [-0.39, 0.29) is 4.38 Å². The molecular formula is C3H3F3O2S2. The molecule has 0 aromatic heterocycles. The predicted molar refractivity (Wildman–Crippen MR) is 34.7 cm³/mol. The van der Waals surface area contributed by atoms with E-state index in [0.717, 1.165) is 0 Å². The number of hydrogen-bond acceptors (Lipinski definition) is 3. The Labute approximate surface area is 65.6 Å². The molecule has 0 saturated carbocycles. The molecule has 0 aliphatic carbocycles. The van der Waals surface area contributed by atoms with Crippen LogP contribution in [0.15, 0.2) is 0 Å². The Hall–Kier alpha value is -0.0100. The van der Waals surface area contributed by atoms with Crippen molar-refractivity contribution < 1.29 is 22.9 Å². The van der Waals surface area contributed by atoms with Gasteiger partial charge in [-0.2, -0.15) is 18.1 Å². The third-order valence-electron chi connectivity index (χ3n) is 0.353. The van der Waals surface area contributed by atoms with Gasteiger partial charge < -0.3 is 4.89 Å². The van der Waals surface area contributed by atoms with Crippen LogP contribution in [-0.4, -0.2) is 17.2 Å². The second kappa shape index (κ2) is 3.99. The molecule has 0 amide bonds. The number of rotatable bonds is 2. The maximum atomic E-state index is 11.2. The lowest BCUT2D eigenvalue weighted by Gasteiger charge is -2.04. The van der Waals surface area contributed by atoms with E-state index < -0.39 is 12.8 Å². The van der Waals surface area contributed by atoms with Gasteiger partial charge in [0, 0.05) is 0 Å². The molecule has 0 aromatic carbocycles. The molecule has 10 heavy (non-hydrogen) atoms. The van der Waals surface area contributed by atoms with Gasteiger partial charge in [0.2, 0.25) is 0 Å². The van der Waals surface area contributed by atoms with E-state index >= 15 is 0 Å². The molecule has 0 unspecified atom stereocenters. The summed E-state index contributed by atoms with van der Waals surface area (Å²) >= 11 is 7.48. The fourth-order valence-corrected chi connectivity index (χ4v) is 0.248. The molecule has 0 rings (SSSR count). The minimum Gasteiger partial charge on any atom is -0.318 e. The maximum absolute atomic E-state index is 11.2. The smallest absolute Gasteiger partial charge is 0.318 e. The Balaban J connectivity index is 3.29. The van der Waals surface area contributed by atoms with Crippen LogP contribution in [0.25, 0.3) is 0 Å². The van der Waals surface area contributed by atoms with Crippen LogP contribution in [0.5, 0.6) is 0 Å². The van der Waals surface area contributed by atoms with E-state index in [9.17, 15) is 13.2 Å². The Morgan fingerprint density at radius 2 is 2.00 bits per heavy atom. The normalized spacial score (nSPS) is 11.2. The molecule has 0 spiro atoms. The van der Waals surface area contributed by atoms with Crippen molar-refractivity contribution in [2.75, 3.05) is 6.61 Å². The first-order valence-electron chi connectivity index (χ1n) is 2.01. The van der Waals surface area contributed by atoms with Crippen LogP contribution in [0.4, 0.5) is 13.2 Å². The van der Waals surface area contributed by atoms with Crippen molar-refractivity contribution in [2.24, 2.45) is 0 Å². The summed E-state index contributed by atoms with van der Waals surface area (Å²) in [5, 5.41) is 0. The minimum absolute atomic E-state index is 0.385. The van der Waals surface area contributed by atoms with Crippen molar-refractivity contribution in [1.82, 2.24) is 0 Å². The molecule has 60 valence electrons. The van der Waals surface area contributed by atoms with E-state index in [1.165, 1.54) is 0 Å². The summed E-state index contributed by atoms with van der Waals surface area (Å²) in [7, 11) is 0. The summed E-state index contributed by atoms with van der Waals surface area (Å²) in [4.78, 5) is 7.41. The number of alkyl halides is 3. The van der Waals surface area contributed by atoms with Gasteiger partial charge in [0.15, 0.2) is 6.61 Å². The van der Waals surface area contributed by atoms with Gasteiger partial charge in [-0.3, -0.25) is 0 Å². The van der Waals surface area contributed by atoms with Gasteiger partial charge >= 0.3 is 6.18 Å². The summed E-state index contributed by atoms with van der Waals surface area (Å²) in [6.07, 6.45) is -4.40. The van der Waals surface area contributed by atoms with E-state index in [1.807, 2.05) is 0 Å². The molecule has 0 heterocycles. The molecule has 0 saturated heterocycles. The average Bonchev–Trinajstić information content (AvgIpc) is 1.59. The van der Waals surface area contributed by atoms with E-state index in [2.05, 4.69) is 34.6 Å². The molecule has 0 aromatic rings. The van der Waals surface area contributed by atoms with Gasteiger partial charge in [0.05, 0.1) is 0 Å². The van der Waals surface area contributed by atoms with Crippen LogP contribution in [-0.2, 0) is 9.78 Å². The fraction of sp³-hybridized carbons (Fsp3) is 0.667. The van der Waals surface area contributed by atoms with E-state index in [0.29, 0.717) is 0 Å². The van der Waals surface area contributed by atoms with Crippen LogP contribution >= 0.6 is 24.8 Å². The molecule has 0 radical (unpaired) electrons. The molecule has 2 nitrogen and oxygen atoms in total. The van der Waals surface area contributed by atoms with Crippen molar-refractivity contribution in [3.8, 4) is 0 Å². The second-order valence-electron chi connectivity index (χ2n) is 1.23. The highest BCUT2D eigenvalue weighted by Crippen LogP contribution is 2.14. The van der Waals surface area contributed by atoms with Gasteiger partial charge in [-0.15, -0.1) is 0 Å². The Bertz CT molecular complexity index is 123. The van der Waals surface area contributed by atoms with Crippen LogP contribution in [0.2, 0.25) is 0 Å². The monoisotopic (exact) mass is 192 g/mol. The number of hydrogen-bond donors (Lipinski definition) is 1. The molecule has 7 heteroatoms. The fourth-order valence-electron chi connectivity index (χ4n) is 0.147. The lowest BCUT2D eigenvalue weighted by atomic mass is 10.7. The first-order chi connectivity index (χ1) is 4.42. The number of halogens is 3. The van der Waals surface area contributed by atoms with Crippen molar-refractivity contribution in [1.29, 1.82) is 0 Å². The molecule has 0 atom stereocenters. The van der Waals surface area contributed by atoms with Gasteiger partial charge in [0.1, 0.15) is 0 Å². The zero-order chi connectivity index (χ0) is 8.20. The molecular weight excluding hydrogens is 189 g/mol. The quantitative estimate of drug-likeness (QED) is 0.311. The summed E-state index contributed by atoms with van der Waals surface area (Å²) in [5.41, 5.74) is 0. The predicted octanol–water partition coefficient (Wildman–Crippen LogP) is 1.71. The standard InChI is InChI=1S/C3H3F3O2S2/c4-3(5,6)1-7-8-2(9)10/h1H2,(H,9,10). The molecule has 0 N–H and O–H groups in total. The maximum Gasteiger partial charge on any atom is 0.415 e. The van der Waals surface area contributed by atoms with Gasteiger partial charge in [-0.25, -0.2) is 0 Å². The lowest BCUT2D eigenvalue weighted by Crippen LogP contribution is -2.17. The van der Waals surface area contributed by atoms with Crippen LogP contribution in [0.3, 0.4) is 0 Å². The van der Waals surface area contributed by atoms with Crippen LogP contribution in [0, 0.1) is 0 Å². The minimum atomic E-state index is -4.40. The first kappa shape index (κ1) is 9.99. The molecule has 0 aliphatic rings. The number of thiocarbonyl (C=S) groups is 1. The van der Waals surface area contributed by atoms with Crippen molar-refractivity contribution >= 4 is 29.2 Å². The van der Waals surface area contributed by atoms with Crippen LogP contribution in [0.1, 0.15) is 0 Å². The molecule has 0 aliphatic heterocycles. The Kier molecular flexibility index (Phi) is 3.99. The zero-order valence-corrected chi connectivity index (χ0v) is 6.22. The SMILES string of the molecule is FC(F)(F)COOC(=S)S. The van der Waals surface area contributed by atoms with E-state index in [1.54, 1.807) is 0 Å². The summed E-state index contributed by atoms with van der Waals surface area (Å²) in [5.74, 6) is 0. The first-order valence-corrected chi connectivity index (χ1v) is 2.86. The van der Waals surface area contributed by atoms with Gasteiger partial charge in [-0.05, 0) is 12.2 Å². The molecule has 0 bridgehead atoms. The van der Waals surface area contributed by atoms with Gasteiger partial charge in [-0.1, -0.05) is 12.6 Å². The number of thiol groups is 1. The van der Waals surface area contributed by atoms with Crippen molar-refractivity contribution in [3.05, 3.63) is 0 Å². The topological polar surface area (TPSA) is 18.5 Å². The highest BCUT2D eigenvalue weighted by molar-refractivity contribution is 8.10. The highest BCUT2D eigenvalue weighted by atomic mass is 32.1. The third kappa shape index (κ3) is 7.99. The Morgan fingerprint density at radius 3 is 2.30 bits per heavy atom. The zero-order valence-electron chi connectivity index (χ0n) is 4.51. The van der Waals surface area contributed by atoms with E-state index in [4.69, 9.17) is 0 Å². The average molecular weight is 192 g/mol. The highest BCUT2D eigenvalue weighted by Gasteiger charge is 2.28. The summed E-state index contributed by atoms with van der Waals surface area (Å²) < 4.78 is 33.3. The van der Waals surface area contributed by atoms with Gasteiger partial charge in [0.25, 0.3) is 4.38 Å². The largest absolute Gasteiger partial charge is 0.415 e. The second-order valence-corrected chi connectivity index (χ2v) is 2.31. The lowest BCUT2D eigenvalue weighted by molar-refractivity contribution is -0.289. The van der Waals surface area contributed by atoms with Crippen molar-refractivity contribution in [3.63, 3.8) is 0 Å². The summed E-state index contributed by atoms with van der Waals surface area (Å²) in [6, 6.07) is 0. The third-order valence-corrected chi connectivity index (χ3v) is 0.495. The van der Waals surface area contributed by atoms with Crippen molar-refractivity contribution in [2.45, 2.75) is 6.18 Å². The summed E-state index contributed by atoms with van der Waals surface area (Å²) in [6.45, 7) is -1.49.